The molecule has 10 heteroatoms. The second-order valence-electron chi connectivity index (χ2n) is 18.2. The number of para-hydroxylation sites is 5. The van der Waals surface area contributed by atoms with Crippen LogP contribution >= 0.6 is 34.0 Å². The fourth-order valence-electron chi connectivity index (χ4n) is 9.33. The molecule has 0 spiro atoms. The first-order valence-corrected chi connectivity index (χ1v) is 27.7. The summed E-state index contributed by atoms with van der Waals surface area (Å²) < 4.78 is 11.7. The molecule has 13 aromatic rings. The number of thiazole rings is 3. The van der Waals surface area contributed by atoms with Crippen molar-refractivity contribution in [2.45, 2.75) is 39.0 Å². The average molecular weight is 1220 g/mol. The van der Waals surface area contributed by atoms with E-state index in [0.717, 1.165) is 72.4 Å². The van der Waals surface area contributed by atoms with Gasteiger partial charge in [-0.1, -0.05) is 98.8 Å². The summed E-state index contributed by atoms with van der Waals surface area (Å²) in [7, 11) is 0. The molecule has 0 aliphatic carbocycles. The monoisotopic (exact) mass is 1220 g/mol. The minimum Gasteiger partial charge on any atom is -0.466 e. The second kappa shape index (κ2) is 24.5. The molecule has 374 valence electrons. The molecule has 2 unspecified atom stereocenters. The Kier molecular flexibility index (Phi) is 16.8. The molecule has 76 heavy (non-hydrogen) atoms. The van der Waals surface area contributed by atoms with Crippen LogP contribution in [-0.4, -0.2) is 32.1 Å². The molecule has 0 radical (unpaired) electrons. The largest absolute Gasteiger partial charge is 3.00 e. The number of hydrogen-bond acceptors (Lipinski definition) is 8. The molecule has 0 aliphatic heterocycles. The number of hydrogen-bond donors (Lipinski definition) is 0. The van der Waals surface area contributed by atoms with Gasteiger partial charge in [-0.15, -0.1) is 107 Å². The molecule has 4 heterocycles. The van der Waals surface area contributed by atoms with E-state index in [4.69, 9.17) is 9.72 Å². The third-order valence-corrected chi connectivity index (χ3v) is 16.4. The average Bonchev–Trinajstić information content (AvgIpc) is 4.32. The van der Waals surface area contributed by atoms with E-state index in [9.17, 15) is 4.79 Å². The fourth-order valence-corrected chi connectivity index (χ4v) is 12.2. The van der Waals surface area contributed by atoms with Crippen molar-refractivity contribution in [3.63, 3.8) is 0 Å². The van der Waals surface area contributed by atoms with Crippen molar-refractivity contribution < 1.29 is 29.6 Å². The minimum atomic E-state index is -0.181. The Bertz CT molecular complexity index is 3740. The summed E-state index contributed by atoms with van der Waals surface area (Å²) in [5, 5.41) is 5.56. The first-order valence-electron chi connectivity index (χ1n) is 25.2. The molecular formula is C66H51IrN4O2S3. The van der Waals surface area contributed by atoms with Gasteiger partial charge in [0.15, 0.2) is 0 Å². The normalized spacial score (nSPS) is 11.9. The zero-order chi connectivity index (χ0) is 50.9. The third-order valence-electron chi connectivity index (χ3n) is 13.2. The molecule has 0 fully saturated rings. The number of fused-ring (bicyclic) bond motifs is 6. The molecule has 0 N–H and O–H groups in total. The zero-order valence-electron chi connectivity index (χ0n) is 41.9. The first kappa shape index (κ1) is 52.0. The van der Waals surface area contributed by atoms with Gasteiger partial charge < -0.3 is 9.30 Å². The van der Waals surface area contributed by atoms with E-state index in [1.54, 1.807) is 34.0 Å². The smallest absolute Gasteiger partial charge is 0.466 e. The van der Waals surface area contributed by atoms with E-state index in [-0.39, 0.29) is 37.9 Å². The predicted octanol–water partition coefficient (Wildman–Crippen LogP) is 17.7. The molecular weight excluding hydrogens is 1170 g/mol. The van der Waals surface area contributed by atoms with Gasteiger partial charge in [0.1, 0.15) is 0 Å². The van der Waals surface area contributed by atoms with E-state index >= 15 is 0 Å². The first-order chi connectivity index (χ1) is 37.0. The van der Waals surface area contributed by atoms with Gasteiger partial charge >= 0.3 is 26.1 Å². The van der Waals surface area contributed by atoms with Crippen LogP contribution in [0, 0.1) is 24.1 Å². The number of carbonyl (C=O) groups is 1. The van der Waals surface area contributed by atoms with E-state index in [1.807, 2.05) is 116 Å². The van der Waals surface area contributed by atoms with Crippen molar-refractivity contribution >= 4 is 92.4 Å². The quantitative estimate of drug-likeness (QED) is 0.0900. The Labute approximate surface area is 468 Å². The van der Waals surface area contributed by atoms with Crippen molar-refractivity contribution in [2.24, 2.45) is 5.92 Å². The number of nitrogens with zero attached hydrogens (tertiary/aromatic N) is 4. The molecule has 0 bridgehead atoms. The van der Waals surface area contributed by atoms with Gasteiger partial charge in [-0.05, 0) is 91.4 Å². The van der Waals surface area contributed by atoms with Gasteiger partial charge in [0, 0.05) is 45.6 Å². The topological polar surface area (TPSA) is 69.9 Å². The minimum absolute atomic E-state index is 0. The van der Waals surface area contributed by atoms with E-state index in [0.29, 0.717) is 13.0 Å². The summed E-state index contributed by atoms with van der Waals surface area (Å²) in [5.41, 5.74) is 12.2. The summed E-state index contributed by atoms with van der Waals surface area (Å²) in [4.78, 5) is 26.8. The van der Waals surface area contributed by atoms with Crippen molar-refractivity contribution in [3.8, 4) is 37.4 Å². The Morgan fingerprint density at radius 3 is 1.45 bits per heavy atom. The van der Waals surface area contributed by atoms with Gasteiger partial charge in [0.05, 0.1) is 40.1 Å². The maximum Gasteiger partial charge on any atom is 3.00 e. The zero-order valence-corrected chi connectivity index (χ0v) is 46.7. The molecule has 9 aromatic carbocycles. The SMILES string of the molecule is CCC(CC(C)C(=O)OCCc1c[c-]c(-c2nc3ccccc3s2)cc1)c1ccc(-n2c3ccccc3c3ccccc32)cc1.[Ir+3].[c-]1ccccc1-c1nc2ccccc2s1.[c-]1ccccc1-c1nc2ccccc2s1. The van der Waals surface area contributed by atoms with Gasteiger partial charge in [-0.25, -0.2) is 0 Å². The summed E-state index contributed by atoms with van der Waals surface area (Å²) in [6.45, 7) is 4.54. The van der Waals surface area contributed by atoms with Crippen LogP contribution in [-0.2, 0) is 36.1 Å². The number of carbonyl (C=O) groups excluding carboxylic acids is 1. The van der Waals surface area contributed by atoms with Gasteiger partial charge in [-0.3, -0.25) is 19.7 Å². The maximum absolute atomic E-state index is 13.0. The molecule has 0 amide bonds. The van der Waals surface area contributed by atoms with Crippen LogP contribution in [0.1, 0.15) is 43.7 Å². The van der Waals surface area contributed by atoms with Crippen LogP contribution in [0.3, 0.4) is 0 Å². The Hall–Kier alpha value is -7.43. The van der Waals surface area contributed by atoms with Gasteiger partial charge in [0.2, 0.25) is 0 Å². The molecule has 2 atom stereocenters. The van der Waals surface area contributed by atoms with Crippen LogP contribution < -0.4 is 0 Å². The molecule has 0 saturated heterocycles. The summed E-state index contributed by atoms with van der Waals surface area (Å²) >= 11 is 5.09. The molecule has 0 saturated carbocycles. The Morgan fingerprint density at radius 2 is 1.00 bits per heavy atom. The Balaban J connectivity index is 0.000000170. The van der Waals surface area contributed by atoms with Crippen molar-refractivity contribution in [1.29, 1.82) is 0 Å². The van der Waals surface area contributed by atoms with Crippen molar-refractivity contribution in [3.05, 3.63) is 242 Å². The van der Waals surface area contributed by atoms with Crippen LogP contribution in [0.4, 0.5) is 0 Å². The molecule has 0 aliphatic rings. The summed E-state index contributed by atoms with van der Waals surface area (Å²) in [6.07, 6.45) is 2.38. The van der Waals surface area contributed by atoms with Crippen molar-refractivity contribution in [2.75, 3.05) is 6.61 Å². The summed E-state index contributed by atoms with van der Waals surface area (Å²) in [6, 6.07) is 82.3. The van der Waals surface area contributed by atoms with E-state index in [2.05, 4.69) is 143 Å². The van der Waals surface area contributed by atoms with Crippen LogP contribution in [0.15, 0.2) is 212 Å². The number of ether oxygens (including phenoxy) is 1. The number of rotatable bonds is 12. The van der Waals surface area contributed by atoms with Crippen LogP contribution in [0.25, 0.3) is 89.9 Å². The second-order valence-corrected chi connectivity index (χ2v) is 21.3. The molecule has 4 aromatic heterocycles. The number of esters is 1. The summed E-state index contributed by atoms with van der Waals surface area (Å²) in [5.74, 6) is -0.0326. The number of benzene rings is 9. The molecule has 13 rings (SSSR count). The van der Waals surface area contributed by atoms with E-state index in [1.165, 1.54) is 41.5 Å². The fraction of sp³-hybridized carbons (Fsp3) is 0.121. The van der Waals surface area contributed by atoms with Crippen molar-refractivity contribution in [1.82, 2.24) is 19.5 Å². The predicted molar refractivity (Wildman–Crippen MR) is 314 cm³/mol. The van der Waals surface area contributed by atoms with Gasteiger partial charge in [-0.2, -0.15) is 34.0 Å². The van der Waals surface area contributed by atoms with Gasteiger partial charge in [0.25, 0.3) is 0 Å². The third kappa shape index (κ3) is 11.8. The van der Waals surface area contributed by atoms with Crippen LogP contribution in [0.2, 0.25) is 0 Å². The number of aromatic nitrogens is 4. The van der Waals surface area contributed by atoms with E-state index < -0.39 is 0 Å². The Morgan fingerprint density at radius 1 is 0.539 bits per heavy atom. The molecule has 6 nitrogen and oxygen atoms in total. The maximum atomic E-state index is 13.0. The standard InChI is InChI=1S/C40H35N2O2S.2C13H8NS.Ir/c1-3-29(30-20-22-32(23-21-30)42-36-13-7-4-10-33(36)34-11-5-8-14-37(34)42)26-27(2)40(43)44-25-24-28-16-18-31(19-17-28)39-41-35-12-6-9-15-38(35)45-39;2*1-2-6-10(7-3-1)13-14-11-8-4-5-9-12(11)15-13;/h4-18,20-23,27,29H,3,24-26H2,1-2H3;2*1-6,8-9H;/q3*-1;+3. The van der Waals surface area contributed by atoms with Crippen LogP contribution in [0.5, 0.6) is 0 Å².